The van der Waals surface area contributed by atoms with Gasteiger partial charge in [0.05, 0.1) is 7.11 Å². The molecule has 0 spiro atoms. The predicted molar refractivity (Wildman–Crippen MR) is 79.6 cm³/mol. The number of hydrogen-bond acceptors (Lipinski definition) is 3. The maximum Gasteiger partial charge on any atom is 0.329 e. The molecule has 0 saturated carbocycles. The van der Waals surface area contributed by atoms with Crippen molar-refractivity contribution in [3.05, 3.63) is 68.8 Å². The lowest BCUT2D eigenvalue weighted by atomic mass is 10.1. The Morgan fingerprint density at radius 2 is 2.00 bits per heavy atom. The smallest absolute Gasteiger partial charge is 0.329 e. The van der Waals surface area contributed by atoms with Crippen LogP contribution in [0.1, 0.15) is 11.6 Å². The van der Waals surface area contributed by atoms with Crippen molar-refractivity contribution in [3.8, 4) is 0 Å². The molecule has 0 N–H and O–H groups in total. The van der Waals surface area contributed by atoms with Gasteiger partial charge in [0.15, 0.2) is 0 Å². The van der Waals surface area contributed by atoms with Gasteiger partial charge in [0, 0.05) is 23.2 Å². The molecule has 110 valence electrons. The first-order valence-corrected chi connectivity index (χ1v) is 7.00. The van der Waals surface area contributed by atoms with Crippen LogP contribution in [0.25, 0.3) is 0 Å². The van der Waals surface area contributed by atoms with E-state index >= 15 is 0 Å². The summed E-state index contributed by atoms with van der Waals surface area (Å²) in [5, 5.41) is 0. The molecule has 0 aliphatic rings. The van der Waals surface area contributed by atoms with Gasteiger partial charge in [-0.15, -0.1) is 0 Å². The van der Waals surface area contributed by atoms with E-state index in [-0.39, 0.29) is 17.8 Å². The fraction of sp³-hybridized carbons (Fsp3) is 0.200. The Balaban J connectivity index is 2.36. The highest BCUT2D eigenvalue weighted by Crippen LogP contribution is 2.16. The van der Waals surface area contributed by atoms with Gasteiger partial charge in [-0.3, -0.25) is 4.79 Å². The van der Waals surface area contributed by atoms with E-state index in [2.05, 4.69) is 15.9 Å². The molecule has 2 aromatic rings. The molecule has 1 unspecified atom stereocenters. The van der Waals surface area contributed by atoms with E-state index < -0.39 is 12.0 Å². The average molecular weight is 354 g/mol. The molecule has 1 aromatic carbocycles. The van der Waals surface area contributed by atoms with Crippen LogP contribution in [0.3, 0.4) is 0 Å². The van der Waals surface area contributed by atoms with Crippen LogP contribution in [-0.4, -0.2) is 17.6 Å². The van der Waals surface area contributed by atoms with Crippen LogP contribution in [0.5, 0.6) is 0 Å². The number of esters is 1. The summed E-state index contributed by atoms with van der Waals surface area (Å²) in [5.41, 5.74) is 0.420. The van der Waals surface area contributed by atoms with Gasteiger partial charge in [-0.1, -0.05) is 28.1 Å². The fourth-order valence-corrected chi connectivity index (χ4v) is 2.31. The zero-order valence-corrected chi connectivity index (χ0v) is 12.8. The summed E-state index contributed by atoms with van der Waals surface area (Å²) < 4.78 is 19.6. The van der Waals surface area contributed by atoms with Crippen LogP contribution < -0.4 is 5.56 Å². The van der Waals surface area contributed by atoms with Crippen LogP contribution >= 0.6 is 15.9 Å². The molecular formula is C15H13BrFNO3. The molecule has 21 heavy (non-hydrogen) atoms. The first-order chi connectivity index (χ1) is 10.0. The number of methoxy groups -OCH3 is 1. The highest BCUT2D eigenvalue weighted by Gasteiger charge is 2.22. The van der Waals surface area contributed by atoms with Crippen LogP contribution in [0.15, 0.2) is 51.9 Å². The number of benzene rings is 1. The van der Waals surface area contributed by atoms with E-state index in [0.717, 1.165) is 5.56 Å². The number of carbonyl (C=O) groups is 1. The second kappa shape index (κ2) is 6.67. The van der Waals surface area contributed by atoms with Crippen LogP contribution in [0, 0.1) is 5.82 Å². The van der Waals surface area contributed by atoms with Crippen molar-refractivity contribution in [1.82, 2.24) is 4.57 Å². The molecule has 0 aliphatic carbocycles. The van der Waals surface area contributed by atoms with Gasteiger partial charge < -0.3 is 9.30 Å². The maximum atomic E-state index is 12.9. The Morgan fingerprint density at radius 1 is 1.33 bits per heavy atom. The molecule has 2 rings (SSSR count). The van der Waals surface area contributed by atoms with Gasteiger partial charge in [0.25, 0.3) is 5.56 Å². The number of aromatic nitrogens is 1. The summed E-state index contributed by atoms with van der Waals surface area (Å²) in [6.07, 6.45) is 1.77. The minimum atomic E-state index is -0.791. The minimum Gasteiger partial charge on any atom is -0.467 e. The van der Waals surface area contributed by atoms with Crippen molar-refractivity contribution >= 4 is 21.9 Å². The number of rotatable bonds is 4. The average Bonchev–Trinajstić information content (AvgIpc) is 2.47. The number of hydrogen-bond donors (Lipinski definition) is 0. The Bertz CT molecular complexity index is 697. The molecule has 0 bridgehead atoms. The molecule has 4 nitrogen and oxygen atoms in total. The third kappa shape index (κ3) is 3.78. The predicted octanol–water partition coefficient (Wildman–Crippen LogP) is 2.71. The highest BCUT2D eigenvalue weighted by molar-refractivity contribution is 9.10. The zero-order chi connectivity index (χ0) is 15.4. The quantitative estimate of drug-likeness (QED) is 0.794. The SMILES string of the molecule is COC(=O)C(Cc1ccc(F)cc1)n1ccc(Br)cc1=O. The van der Waals surface area contributed by atoms with E-state index in [9.17, 15) is 14.0 Å². The maximum absolute atomic E-state index is 12.9. The molecule has 6 heteroatoms. The standard InChI is InChI=1S/C15H13BrFNO3/c1-21-15(20)13(8-10-2-4-12(17)5-3-10)18-7-6-11(16)9-14(18)19/h2-7,9,13H,8H2,1H3. The van der Waals surface area contributed by atoms with Crippen molar-refractivity contribution < 1.29 is 13.9 Å². The van der Waals surface area contributed by atoms with Crippen molar-refractivity contribution in [2.45, 2.75) is 12.5 Å². The molecule has 1 aromatic heterocycles. The number of carbonyl (C=O) groups excluding carboxylic acids is 1. The van der Waals surface area contributed by atoms with Crippen molar-refractivity contribution in [3.63, 3.8) is 0 Å². The number of nitrogens with zero attached hydrogens (tertiary/aromatic N) is 1. The summed E-state index contributed by atoms with van der Waals surface area (Å²) in [6, 6.07) is 8.04. The number of pyridine rings is 1. The molecule has 1 heterocycles. The van der Waals surface area contributed by atoms with Crippen LogP contribution in [-0.2, 0) is 16.0 Å². The van der Waals surface area contributed by atoms with Crippen molar-refractivity contribution in [2.24, 2.45) is 0 Å². The summed E-state index contributed by atoms with van der Waals surface area (Å²) in [4.78, 5) is 24.0. The monoisotopic (exact) mass is 353 g/mol. The first kappa shape index (κ1) is 15.4. The Kier molecular flexibility index (Phi) is 4.90. The van der Waals surface area contributed by atoms with E-state index in [1.54, 1.807) is 18.2 Å². The summed E-state index contributed by atoms with van der Waals surface area (Å²) >= 11 is 3.20. The third-order valence-electron chi connectivity index (χ3n) is 3.06. The van der Waals surface area contributed by atoms with E-state index in [1.165, 1.54) is 36.1 Å². The lowest BCUT2D eigenvalue weighted by molar-refractivity contribution is -0.144. The normalized spacial score (nSPS) is 12.0. The number of halogens is 2. The lowest BCUT2D eigenvalue weighted by Crippen LogP contribution is -2.31. The van der Waals surface area contributed by atoms with Gasteiger partial charge in [0.1, 0.15) is 11.9 Å². The van der Waals surface area contributed by atoms with Gasteiger partial charge in [0.2, 0.25) is 0 Å². The molecular weight excluding hydrogens is 341 g/mol. The Hall–Kier alpha value is -1.95. The fourth-order valence-electron chi connectivity index (χ4n) is 2.00. The highest BCUT2D eigenvalue weighted by atomic mass is 79.9. The second-order valence-electron chi connectivity index (χ2n) is 4.46. The molecule has 1 atom stereocenters. The second-order valence-corrected chi connectivity index (χ2v) is 5.38. The molecule has 0 saturated heterocycles. The minimum absolute atomic E-state index is 0.245. The van der Waals surface area contributed by atoms with Crippen LogP contribution in [0.2, 0.25) is 0 Å². The van der Waals surface area contributed by atoms with Gasteiger partial charge >= 0.3 is 5.97 Å². The van der Waals surface area contributed by atoms with Gasteiger partial charge in [-0.2, -0.15) is 0 Å². The van der Waals surface area contributed by atoms with Crippen molar-refractivity contribution in [2.75, 3.05) is 7.11 Å². The van der Waals surface area contributed by atoms with Crippen molar-refractivity contribution in [1.29, 1.82) is 0 Å². The van der Waals surface area contributed by atoms with Crippen LogP contribution in [0.4, 0.5) is 4.39 Å². The van der Waals surface area contributed by atoms with E-state index in [0.29, 0.717) is 4.47 Å². The number of ether oxygens (including phenoxy) is 1. The van der Waals surface area contributed by atoms with E-state index in [1.807, 2.05) is 0 Å². The summed E-state index contributed by atoms with van der Waals surface area (Å²) in [6.45, 7) is 0. The molecule has 0 aliphatic heterocycles. The first-order valence-electron chi connectivity index (χ1n) is 6.21. The van der Waals surface area contributed by atoms with Gasteiger partial charge in [-0.05, 0) is 23.8 Å². The zero-order valence-electron chi connectivity index (χ0n) is 11.3. The lowest BCUT2D eigenvalue weighted by Gasteiger charge is -2.17. The molecule has 0 fully saturated rings. The van der Waals surface area contributed by atoms with Gasteiger partial charge in [-0.25, -0.2) is 9.18 Å². The Labute approximate surface area is 129 Å². The largest absolute Gasteiger partial charge is 0.467 e. The molecule has 0 radical (unpaired) electrons. The Morgan fingerprint density at radius 3 is 2.57 bits per heavy atom. The third-order valence-corrected chi connectivity index (χ3v) is 3.55. The topological polar surface area (TPSA) is 48.3 Å². The summed E-state index contributed by atoms with van der Waals surface area (Å²) in [5.74, 6) is -0.877. The van der Waals surface area contributed by atoms with E-state index in [4.69, 9.17) is 4.74 Å². The summed E-state index contributed by atoms with van der Waals surface area (Å²) in [7, 11) is 1.27. The molecule has 0 amide bonds.